The van der Waals surface area contributed by atoms with Gasteiger partial charge in [0.2, 0.25) is 11.8 Å². The predicted molar refractivity (Wildman–Crippen MR) is 67.3 cm³/mol. The molecule has 7 heteroatoms. The summed E-state index contributed by atoms with van der Waals surface area (Å²) >= 11 is 0. The number of pyridine rings is 1. The van der Waals surface area contributed by atoms with E-state index in [0.717, 1.165) is 0 Å². The highest BCUT2D eigenvalue weighted by atomic mass is 16.4. The molecule has 1 fully saturated rings. The highest BCUT2D eigenvalue weighted by Gasteiger charge is 2.30. The van der Waals surface area contributed by atoms with E-state index in [1.807, 2.05) is 0 Å². The molecule has 1 aliphatic rings. The number of rotatable bonds is 2. The molecule has 1 unspecified atom stereocenters. The van der Waals surface area contributed by atoms with Crippen LogP contribution in [0.3, 0.4) is 0 Å². The smallest absolute Gasteiger partial charge is 0.335 e. The SMILES string of the molecule is O=C1CCC(c2cnn3ccc(C(=O)O)cc23)C(=O)N1. The van der Waals surface area contributed by atoms with Crippen molar-refractivity contribution in [3.8, 4) is 0 Å². The second-order valence-electron chi connectivity index (χ2n) is 4.65. The van der Waals surface area contributed by atoms with Gasteiger partial charge in [0.1, 0.15) is 0 Å². The standard InChI is InChI=1S/C13H11N3O4/c17-11-2-1-8(12(18)15-11)9-6-14-16-4-3-7(13(19)20)5-10(9)16/h3-6,8H,1-2H2,(H,19,20)(H,15,17,18). The van der Waals surface area contributed by atoms with Crippen molar-refractivity contribution in [1.82, 2.24) is 14.9 Å². The summed E-state index contributed by atoms with van der Waals surface area (Å²) in [5, 5.41) is 15.4. The minimum Gasteiger partial charge on any atom is -0.478 e. The fourth-order valence-electron chi connectivity index (χ4n) is 2.39. The van der Waals surface area contributed by atoms with Crippen molar-refractivity contribution in [2.45, 2.75) is 18.8 Å². The van der Waals surface area contributed by atoms with Crippen LogP contribution in [0.5, 0.6) is 0 Å². The number of aromatic carboxylic acids is 1. The average molecular weight is 273 g/mol. The number of hydrogen-bond donors (Lipinski definition) is 2. The fourth-order valence-corrected chi connectivity index (χ4v) is 2.39. The number of carbonyl (C=O) groups excluding carboxylic acids is 2. The van der Waals surface area contributed by atoms with Crippen molar-refractivity contribution in [2.24, 2.45) is 0 Å². The van der Waals surface area contributed by atoms with Crippen LogP contribution in [-0.2, 0) is 9.59 Å². The Balaban J connectivity index is 2.07. The van der Waals surface area contributed by atoms with E-state index in [0.29, 0.717) is 17.5 Å². The number of carbonyl (C=O) groups is 3. The molecule has 2 N–H and O–H groups in total. The van der Waals surface area contributed by atoms with Gasteiger partial charge in [-0.05, 0) is 18.6 Å². The van der Waals surface area contributed by atoms with Crippen LogP contribution in [0.15, 0.2) is 24.5 Å². The van der Waals surface area contributed by atoms with Gasteiger partial charge in [0.05, 0.1) is 23.2 Å². The minimum absolute atomic E-state index is 0.131. The Morgan fingerprint density at radius 3 is 2.95 bits per heavy atom. The fraction of sp³-hybridized carbons (Fsp3) is 0.231. The van der Waals surface area contributed by atoms with Gasteiger partial charge in [0.15, 0.2) is 0 Å². The predicted octanol–water partition coefficient (Wildman–Crippen LogP) is 0.553. The van der Waals surface area contributed by atoms with E-state index >= 15 is 0 Å². The Morgan fingerprint density at radius 2 is 2.25 bits per heavy atom. The molecule has 2 amide bonds. The Labute approximate surface area is 113 Å². The Bertz CT molecular complexity index is 734. The zero-order chi connectivity index (χ0) is 14.3. The second kappa shape index (κ2) is 4.44. The maximum absolute atomic E-state index is 11.9. The molecule has 1 saturated heterocycles. The van der Waals surface area contributed by atoms with Crippen LogP contribution in [0.25, 0.3) is 5.52 Å². The molecule has 0 aliphatic carbocycles. The van der Waals surface area contributed by atoms with Gasteiger partial charge in [-0.25, -0.2) is 9.31 Å². The average Bonchev–Trinajstić information content (AvgIpc) is 2.81. The number of nitrogens with one attached hydrogen (secondary N) is 1. The number of fused-ring (bicyclic) bond motifs is 1. The second-order valence-corrected chi connectivity index (χ2v) is 4.65. The van der Waals surface area contributed by atoms with Crippen LogP contribution in [-0.4, -0.2) is 32.5 Å². The van der Waals surface area contributed by atoms with E-state index in [4.69, 9.17) is 5.11 Å². The van der Waals surface area contributed by atoms with Gasteiger partial charge in [-0.15, -0.1) is 0 Å². The van der Waals surface area contributed by atoms with Gasteiger partial charge in [-0.1, -0.05) is 0 Å². The molecule has 3 rings (SSSR count). The summed E-state index contributed by atoms with van der Waals surface area (Å²) in [7, 11) is 0. The molecule has 1 aliphatic heterocycles. The van der Waals surface area contributed by atoms with Crippen molar-refractivity contribution in [3.63, 3.8) is 0 Å². The van der Waals surface area contributed by atoms with Gasteiger partial charge in [-0.3, -0.25) is 14.9 Å². The molecule has 102 valence electrons. The summed E-state index contributed by atoms with van der Waals surface area (Å²) in [5.74, 6) is -2.16. The van der Waals surface area contributed by atoms with Gasteiger partial charge < -0.3 is 5.11 Å². The van der Waals surface area contributed by atoms with Crippen molar-refractivity contribution < 1.29 is 19.5 Å². The molecule has 0 aromatic carbocycles. The summed E-state index contributed by atoms with van der Waals surface area (Å²) in [6, 6.07) is 2.92. The van der Waals surface area contributed by atoms with Crippen molar-refractivity contribution in [3.05, 3.63) is 35.7 Å². The van der Waals surface area contributed by atoms with Gasteiger partial charge in [0.25, 0.3) is 0 Å². The van der Waals surface area contributed by atoms with Crippen LogP contribution in [0, 0.1) is 0 Å². The van der Waals surface area contributed by atoms with E-state index in [1.54, 1.807) is 6.20 Å². The van der Waals surface area contributed by atoms with Gasteiger partial charge in [-0.2, -0.15) is 5.10 Å². The van der Waals surface area contributed by atoms with E-state index in [1.165, 1.54) is 22.8 Å². The zero-order valence-electron chi connectivity index (χ0n) is 10.4. The van der Waals surface area contributed by atoms with E-state index in [9.17, 15) is 14.4 Å². The van der Waals surface area contributed by atoms with Crippen LogP contribution in [0.1, 0.15) is 34.7 Å². The van der Waals surface area contributed by atoms with Crippen molar-refractivity contribution >= 4 is 23.3 Å². The molecule has 0 radical (unpaired) electrons. The molecular formula is C13H11N3O4. The first-order valence-electron chi connectivity index (χ1n) is 6.10. The third-order valence-corrected chi connectivity index (χ3v) is 3.41. The third-order valence-electron chi connectivity index (χ3n) is 3.41. The summed E-state index contributed by atoms with van der Waals surface area (Å²) in [6.45, 7) is 0. The molecule has 2 aromatic rings. The summed E-state index contributed by atoms with van der Waals surface area (Å²) in [5.41, 5.74) is 1.34. The lowest BCUT2D eigenvalue weighted by atomic mass is 9.91. The topological polar surface area (TPSA) is 101 Å². The van der Waals surface area contributed by atoms with E-state index < -0.39 is 11.9 Å². The molecule has 0 saturated carbocycles. The maximum Gasteiger partial charge on any atom is 0.335 e. The molecule has 7 nitrogen and oxygen atoms in total. The number of carboxylic acid groups (broad SMARTS) is 1. The lowest BCUT2D eigenvalue weighted by molar-refractivity contribution is -0.134. The molecule has 1 atom stereocenters. The monoisotopic (exact) mass is 273 g/mol. The highest BCUT2D eigenvalue weighted by Crippen LogP contribution is 2.28. The number of nitrogens with zero attached hydrogens (tertiary/aromatic N) is 2. The largest absolute Gasteiger partial charge is 0.478 e. The normalized spacial score (nSPS) is 19.1. The Morgan fingerprint density at radius 1 is 1.45 bits per heavy atom. The van der Waals surface area contributed by atoms with Crippen LogP contribution in [0.4, 0.5) is 0 Å². The minimum atomic E-state index is -1.04. The number of amides is 2. The van der Waals surface area contributed by atoms with Gasteiger partial charge >= 0.3 is 5.97 Å². The first-order valence-corrected chi connectivity index (χ1v) is 6.10. The van der Waals surface area contributed by atoms with E-state index in [-0.39, 0.29) is 23.8 Å². The number of piperidine rings is 1. The summed E-state index contributed by atoms with van der Waals surface area (Å²) in [4.78, 5) is 34.1. The number of imide groups is 1. The molecule has 0 bridgehead atoms. The molecule has 20 heavy (non-hydrogen) atoms. The Hall–Kier alpha value is -2.70. The van der Waals surface area contributed by atoms with Gasteiger partial charge in [0, 0.05) is 18.2 Å². The third kappa shape index (κ3) is 1.93. The number of aromatic nitrogens is 2. The lowest BCUT2D eigenvalue weighted by Gasteiger charge is -2.19. The molecule has 3 heterocycles. The van der Waals surface area contributed by atoms with E-state index in [2.05, 4.69) is 10.4 Å². The number of carboxylic acids is 1. The summed E-state index contributed by atoms with van der Waals surface area (Å²) in [6.07, 6.45) is 3.75. The quantitative estimate of drug-likeness (QED) is 0.778. The van der Waals surface area contributed by atoms with Crippen LogP contribution >= 0.6 is 0 Å². The number of hydrogen-bond acceptors (Lipinski definition) is 4. The van der Waals surface area contributed by atoms with Crippen LogP contribution < -0.4 is 5.32 Å². The first kappa shape index (κ1) is 12.3. The van der Waals surface area contributed by atoms with Crippen LogP contribution in [0.2, 0.25) is 0 Å². The zero-order valence-corrected chi connectivity index (χ0v) is 10.4. The molecule has 0 spiro atoms. The first-order chi connectivity index (χ1) is 9.56. The molecule has 2 aromatic heterocycles. The lowest BCUT2D eigenvalue weighted by Crippen LogP contribution is -2.39. The Kier molecular flexibility index (Phi) is 2.74. The highest BCUT2D eigenvalue weighted by molar-refractivity contribution is 6.01. The summed E-state index contributed by atoms with van der Waals surface area (Å²) < 4.78 is 1.52. The van der Waals surface area contributed by atoms with Crippen molar-refractivity contribution in [1.29, 1.82) is 0 Å². The molecular weight excluding hydrogens is 262 g/mol. The maximum atomic E-state index is 11.9. The van der Waals surface area contributed by atoms with Crippen molar-refractivity contribution in [2.75, 3.05) is 0 Å².